The molecule has 3 heteroatoms. The fourth-order valence-corrected chi connectivity index (χ4v) is 2.46. The molecular formula is C8H11NOS. The first kappa shape index (κ1) is 7.22. The number of rotatable bonds is 1. The predicted octanol–water partition coefficient (Wildman–Crippen LogP) is 1.11. The van der Waals surface area contributed by atoms with Gasteiger partial charge in [0, 0.05) is 5.92 Å². The number of hydrogen-bond acceptors (Lipinski definition) is 2. The van der Waals surface area contributed by atoms with Gasteiger partial charge in [-0.25, -0.2) is 0 Å². The highest BCUT2D eigenvalue weighted by molar-refractivity contribution is 7.80. The minimum atomic E-state index is -0.100. The van der Waals surface area contributed by atoms with Gasteiger partial charge >= 0.3 is 0 Å². The van der Waals surface area contributed by atoms with E-state index in [4.69, 9.17) is 12.2 Å². The van der Waals surface area contributed by atoms with E-state index in [2.05, 4.69) is 19.2 Å². The number of carbonyl (C=O) groups is 1. The Hall–Kier alpha value is -0.440. The van der Waals surface area contributed by atoms with Crippen LogP contribution in [0.5, 0.6) is 0 Å². The number of nitrogens with one attached hydrogen (secondary N) is 1. The number of thiocarbonyl (C=S) groups is 1. The summed E-state index contributed by atoms with van der Waals surface area (Å²) in [6.45, 7) is 4.18. The summed E-state index contributed by atoms with van der Waals surface area (Å²) in [6.07, 6.45) is 0.981. The Morgan fingerprint density at radius 2 is 2.36 bits per heavy atom. The molecule has 0 bridgehead atoms. The monoisotopic (exact) mass is 169 g/mol. The maximum atomic E-state index is 11.4. The Bertz CT molecular complexity index is 248. The van der Waals surface area contributed by atoms with Crippen molar-refractivity contribution in [1.29, 1.82) is 0 Å². The Morgan fingerprint density at radius 1 is 1.73 bits per heavy atom. The number of carbonyl (C=O) groups excluding carboxylic acids is 1. The van der Waals surface area contributed by atoms with Crippen LogP contribution in [-0.4, -0.2) is 10.9 Å². The molecule has 0 spiro atoms. The summed E-state index contributed by atoms with van der Waals surface area (Å²) < 4.78 is 0. The van der Waals surface area contributed by atoms with E-state index in [-0.39, 0.29) is 11.3 Å². The van der Waals surface area contributed by atoms with Crippen LogP contribution in [0.1, 0.15) is 20.3 Å². The van der Waals surface area contributed by atoms with Gasteiger partial charge in [-0.3, -0.25) is 4.79 Å². The molecule has 1 aliphatic heterocycles. The van der Waals surface area contributed by atoms with E-state index in [0.717, 1.165) is 11.4 Å². The third kappa shape index (κ3) is 0.670. The summed E-state index contributed by atoms with van der Waals surface area (Å²) in [4.78, 5) is 12.2. The van der Waals surface area contributed by atoms with Crippen LogP contribution in [-0.2, 0) is 4.79 Å². The molecule has 1 saturated carbocycles. The van der Waals surface area contributed by atoms with E-state index >= 15 is 0 Å². The zero-order chi connectivity index (χ0) is 8.22. The molecule has 1 N–H and O–H groups in total. The van der Waals surface area contributed by atoms with Crippen molar-refractivity contribution in [2.45, 2.75) is 20.3 Å². The van der Waals surface area contributed by atoms with Crippen molar-refractivity contribution in [1.82, 2.24) is 5.32 Å². The standard InChI is InChI=1S/C8H11NOS/c1-4(2)8-3-5(8)6(11)9-7(8)10/h4-5H,3H2,1-2H3,(H,9,10,11)/t5?,8-/m1/s1. The van der Waals surface area contributed by atoms with Crippen LogP contribution < -0.4 is 5.32 Å². The van der Waals surface area contributed by atoms with Crippen molar-refractivity contribution in [3.05, 3.63) is 0 Å². The number of fused-ring (bicyclic) bond motifs is 1. The molecule has 2 fully saturated rings. The van der Waals surface area contributed by atoms with Crippen LogP contribution in [0.3, 0.4) is 0 Å². The normalized spacial score (nSPS) is 40.8. The molecule has 0 radical (unpaired) electrons. The van der Waals surface area contributed by atoms with Crippen molar-refractivity contribution in [2.24, 2.45) is 17.3 Å². The van der Waals surface area contributed by atoms with E-state index in [1.165, 1.54) is 0 Å². The molecule has 1 heterocycles. The van der Waals surface area contributed by atoms with Gasteiger partial charge in [-0.05, 0) is 12.3 Å². The molecule has 1 aliphatic carbocycles. The lowest BCUT2D eigenvalue weighted by Gasteiger charge is -2.12. The summed E-state index contributed by atoms with van der Waals surface area (Å²) in [5, 5.41) is 2.73. The third-order valence-corrected chi connectivity index (χ3v) is 3.40. The zero-order valence-corrected chi connectivity index (χ0v) is 7.49. The van der Waals surface area contributed by atoms with Crippen LogP contribution in [0.2, 0.25) is 0 Å². The molecule has 1 saturated heterocycles. The largest absolute Gasteiger partial charge is 0.320 e. The van der Waals surface area contributed by atoms with Crippen LogP contribution in [0.15, 0.2) is 0 Å². The highest BCUT2D eigenvalue weighted by Crippen LogP contribution is 2.61. The third-order valence-electron chi connectivity index (χ3n) is 3.01. The second-order valence-electron chi connectivity index (χ2n) is 3.77. The Morgan fingerprint density at radius 3 is 2.55 bits per heavy atom. The summed E-state index contributed by atoms with van der Waals surface area (Å²) in [7, 11) is 0. The first-order valence-corrected chi connectivity index (χ1v) is 4.35. The molecule has 0 aromatic rings. The lowest BCUT2D eigenvalue weighted by molar-refractivity contribution is -0.125. The zero-order valence-electron chi connectivity index (χ0n) is 6.68. The van der Waals surface area contributed by atoms with Crippen LogP contribution in [0, 0.1) is 17.3 Å². The molecule has 2 nitrogen and oxygen atoms in total. The van der Waals surface area contributed by atoms with Crippen molar-refractivity contribution >= 4 is 23.1 Å². The molecule has 60 valence electrons. The Balaban J connectivity index is 2.32. The summed E-state index contributed by atoms with van der Waals surface area (Å²) in [5.74, 6) is 0.945. The fourth-order valence-electron chi connectivity index (χ4n) is 2.07. The summed E-state index contributed by atoms with van der Waals surface area (Å²) >= 11 is 5.02. The molecule has 0 aromatic carbocycles. The quantitative estimate of drug-likeness (QED) is 0.596. The number of hydrogen-bond donors (Lipinski definition) is 1. The molecule has 2 rings (SSSR count). The van der Waals surface area contributed by atoms with Gasteiger partial charge in [0.2, 0.25) is 5.91 Å². The van der Waals surface area contributed by atoms with E-state index in [9.17, 15) is 4.79 Å². The second-order valence-corrected chi connectivity index (χ2v) is 4.21. The van der Waals surface area contributed by atoms with Crippen molar-refractivity contribution in [3.63, 3.8) is 0 Å². The predicted molar refractivity (Wildman–Crippen MR) is 46.1 cm³/mol. The van der Waals surface area contributed by atoms with E-state index < -0.39 is 0 Å². The van der Waals surface area contributed by atoms with Gasteiger partial charge in [-0.1, -0.05) is 26.1 Å². The smallest absolute Gasteiger partial charge is 0.231 e. The number of piperidine rings is 1. The summed E-state index contributed by atoms with van der Waals surface area (Å²) in [5.41, 5.74) is -0.100. The first-order chi connectivity index (χ1) is 5.09. The molecule has 0 aromatic heterocycles. The van der Waals surface area contributed by atoms with Gasteiger partial charge in [0.1, 0.15) is 0 Å². The van der Waals surface area contributed by atoms with Gasteiger partial charge in [0.25, 0.3) is 0 Å². The molecule has 2 aliphatic rings. The average molecular weight is 169 g/mol. The van der Waals surface area contributed by atoms with Crippen LogP contribution in [0.25, 0.3) is 0 Å². The average Bonchev–Trinajstić information content (AvgIpc) is 2.56. The van der Waals surface area contributed by atoms with Gasteiger partial charge in [-0.2, -0.15) is 0 Å². The van der Waals surface area contributed by atoms with Crippen molar-refractivity contribution in [2.75, 3.05) is 0 Å². The highest BCUT2D eigenvalue weighted by atomic mass is 32.1. The Labute approximate surface area is 71.4 Å². The van der Waals surface area contributed by atoms with Crippen molar-refractivity contribution < 1.29 is 4.79 Å². The number of amides is 1. The highest BCUT2D eigenvalue weighted by Gasteiger charge is 2.67. The molecular weight excluding hydrogens is 158 g/mol. The minimum Gasteiger partial charge on any atom is -0.320 e. The molecule has 2 atom stereocenters. The lowest BCUT2D eigenvalue weighted by Crippen LogP contribution is -2.30. The van der Waals surface area contributed by atoms with E-state index in [0.29, 0.717) is 11.8 Å². The van der Waals surface area contributed by atoms with Gasteiger partial charge in [-0.15, -0.1) is 0 Å². The second kappa shape index (κ2) is 1.83. The topological polar surface area (TPSA) is 29.1 Å². The van der Waals surface area contributed by atoms with Crippen molar-refractivity contribution in [3.8, 4) is 0 Å². The first-order valence-electron chi connectivity index (χ1n) is 3.94. The van der Waals surface area contributed by atoms with Gasteiger partial charge in [0.15, 0.2) is 0 Å². The van der Waals surface area contributed by atoms with Gasteiger partial charge in [0.05, 0.1) is 10.4 Å². The van der Waals surface area contributed by atoms with Gasteiger partial charge < -0.3 is 5.32 Å². The minimum absolute atomic E-state index is 0.100. The van der Waals surface area contributed by atoms with Crippen LogP contribution in [0.4, 0.5) is 0 Å². The molecule has 11 heavy (non-hydrogen) atoms. The SMILES string of the molecule is CC(C)[C@]12CC1C(=S)NC2=O. The summed E-state index contributed by atoms with van der Waals surface area (Å²) in [6, 6.07) is 0. The van der Waals surface area contributed by atoms with E-state index in [1.807, 2.05) is 0 Å². The van der Waals surface area contributed by atoms with E-state index in [1.54, 1.807) is 0 Å². The lowest BCUT2D eigenvalue weighted by atomic mass is 9.91. The van der Waals surface area contributed by atoms with Crippen LogP contribution >= 0.6 is 12.2 Å². The molecule has 1 unspecified atom stereocenters. The molecule has 1 amide bonds. The Kier molecular flexibility index (Phi) is 1.20. The maximum Gasteiger partial charge on any atom is 0.231 e. The maximum absolute atomic E-state index is 11.4. The fraction of sp³-hybridized carbons (Fsp3) is 0.750.